The Bertz CT molecular complexity index is 520. The van der Waals surface area contributed by atoms with Crippen LogP contribution in [0, 0.1) is 5.82 Å². The van der Waals surface area contributed by atoms with Gasteiger partial charge in [0.2, 0.25) is 10.0 Å². The molecule has 0 aliphatic heterocycles. The summed E-state index contributed by atoms with van der Waals surface area (Å²) < 4.78 is 44.6. The highest BCUT2D eigenvalue weighted by Gasteiger charge is 2.26. The van der Waals surface area contributed by atoms with E-state index >= 15 is 0 Å². The molecule has 0 aliphatic rings. The quantitative estimate of drug-likeness (QED) is 0.811. The fraction of sp³-hybridized carbons (Fsp3) is 0.500. The van der Waals surface area contributed by atoms with Gasteiger partial charge >= 0.3 is 0 Å². The predicted octanol–water partition coefficient (Wildman–Crippen LogP) is 0.941. The molecule has 0 radical (unpaired) electrons. The molecule has 0 heterocycles. The molecule has 0 atom stereocenters. The van der Waals surface area contributed by atoms with Crippen molar-refractivity contribution in [3.05, 3.63) is 29.6 Å². The molecular formula is C12H19FN2O3S. The van der Waals surface area contributed by atoms with E-state index in [1.54, 1.807) is 6.92 Å². The molecule has 1 aromatic carbocycles. The van der Waals surface area contributed by atoms with Crippen molar-refractivity contribution in [1.82, 2.24) is 4.31 Å². The molecule has 1 aromatic rings. The van der Waals surface area contributed by atoms with Gasteiger partial charge in [0, 0.05) is 32.3 Å². The summed E-state index contributed by atoms with van der Waals surface area (Å²) in [7, 11) is -2.26. The molecule has 2 N–H and O–H groups in total. The lowest BCUT2D eigenvalue weighted by atomic mass is 10.2. The first-order valence-corrected chi connectivity index (χ1v) is 7.39. The second-order valence-electron chi connectivity index (χ2n) is 3.91. The van der Waals surface area contributed by atoms with Crippen molar-refractivity contribution in [2.24, 2.45) is 5.73 Å². The fourth-order valence-corrected chi connectivity index (χ4v) is 3.43. The summed E-state index contributed by atoms with van der Waals surface area (Å²) in [6, 6.07) is 3.94. The Hall–Kier alpha value is -1.02. The number of nitrogens with two attached hydrogens (primary N) is 1. The van der Waals surface area contributed by atoms with E-state index in [2.05, 4.69) is 0 Å². The highest BCUT2D eigenvalue weighted by molar-refractivity contribution is 7.89. The SMILES string of the molecule is CCN(CCOC)S(=O)(=O)c1cccc(F)c1CN. The van der Waals surface area contributed by atoms with Crippen molar-refractivity contribution in [1.29, 1.82) is 0 Å². The van der Waals surface area contributed by atoms with Crippen molar-refractivity contribution in [2.45, 2.75) is 18.4 Å². The first-order valence-electron chi connectivity index (χ1n) is 5.95. The van der Waals surface area contributed by atoms with Crippen LogP contribution in [0.2, 0.25) is 0 Å². The van der Waals surface area contributed by atoms with Crippen molar-refractivity contribution >= 4 is 10.0 Å². The molecule has 7 heteroatoms. The summed E-state index contributed by atoms with van der Waals surface area (Å²) in [5, 5.41) is 0. The molecule has 0 amide bonds. The number of ether oxygens (including phenoxy) is 1. The van der Waals surface area contributed by atoms with Crippen LogP contribution in [0.5, 0.6) is 0 Å². The highest BCUT2D eigenvalue weighted by atomic mass is 32.2. The maximum Gasteiger partial charge on any atom is 0.243 e. The van der Waals surface area contributed by atoms with Gasteiger partial charge in [0.05, 0.1) is 11.5 Å². The van der Waals surface area contributed by atoms with Gasteiger partial charge in [-0.05, 0) is 12.1 Å². The second kappa shape index (κ2) is 6.95. The second-order valence-corrected chi connectivity index (χ2v) is 5.82. The van der Waals surface area contributed by atoms with Crippen LogP contribution in [0.3, 0.4) is 0 Å². The third-order valence-electron chi connectivity index (χ3n) is 2.80. The lowest BCUT2D eigenvalue weighted by molar-refractivity contribution is 0.180. The van der Waals surface area contributed by atoms with Crippen LogP contribution < -0.4 is 5.73 Å². The molecule has 0 fully saturated rings. The topological polar surface area (TPSA) is 72.6 Å². The first kappa shape index (κ1) is 16.0. The molecule has 0 aliphatic carbocycles. The molecule has 5 nitrogen and oxygen atoms in total. The summed E-state index contributed by atoms with van der Waals surface area (Å²) in [6.45, 7) is 2.33. The maximum atomic E-state index is 13.6. The van der Waals surface area contributed by atoms with Crippen molar-refractivity contribution in [3.63, 3.8) is 0 Å². The molecule has 0 aromatic heterocycles. The van der Waals surface area contributed by atoms with Gasteiger partial charge in [0.15, 0.2) is 0 Å². The summed E-state index contributed by atoms with van der Waals surface area (Å²) >= 11 is 0. The van der Waals surface area contributed by atoms with Crippen molar-refractivity contribution < 1.29 is 17.5 Å². The van der Waals surface area contributed by atoms with Crippen LogP contribution in [0.15, 0.2) is 23.1 Å². The average molecular weight is 290 g/mol. The Labute approximate surface area is 113 Å². The number of nitrogens with zero attached hydrogens (tertiary/aromatic N) is 1. The first-order chi connectivity index (χ1) is 8.98. The van der Waals surface area contributed by atoms with Gasteiger partial charge in [-0.15, -0.1) is 0 Å². The molecule has 19 heavy (non-hydrogen) atoms. The molecule has 0 saturated heterocycles. The summed E-state index contributed by atoms with van der Waals surface area (Å²) in [6.07, 6.45) is 0. The number of rotatable bonds is 7. The Morgan fingerprint density at radius 1 is 1.42 bits per heavy atom. The zero-order valence-electron chi connectivity index (χ0n) is 11.1. The molecule has 0 saturated carbocycles. The summed E-state index contributed by atoms with van der Waals surface area (Å²) in [5.74, 6) is -0.605. The van der Waals surface area contributed by atoms with Gasteiger partial charge in [-0.25, -0.2) is 12.8 Å². The Balaban J connectivity index is 3.22. The molecule has 0 unspecified atom stereocenters. The highest BCUT2D eigenvalue weighted by Crippen LogP contribution is 2.22. The smallest absolute Gasteiger partial charge is 0.243 e. The van der Waals surface area contributed by atoms with Crippen LogP contribution in [0.25, 0.3) is 0 Å². The van der Waals surface area contributed by atoms with E-state index in [0.717, 1.165) is 0 Å². The third-order valence-corrected chi connectivity index (χ3v) is 4.85. The van der Waals surface area contributed by atoms with E-state index in [9.17, 15) is 12.8 Å². The van der Waals surface area contributed by atoms with Crippen LogP contribution in [-0.2, 0) is 21.3 Å². The molecule has 0 bridgehead atoms. The Morgan fingerprint density at radius 2 is 2.11 bits per heavy atom. The van der Waals surface area contributed by atoms with E-state index in [1.165, 1.54) is 29.6 Å². The number of likely N-dealkylation sites (N-methyl/N-ethyl adjacent to an activating group) is 1. The molecule has 108 valence electrons. The number of hydrogen-bond acceptors (Lipinski definition) is 4. The van der Waals surface area contributed by atoms with Gasteiger partial charge in [-0.2, -0.15) is 4.31 Å². The maximum absolute atomic E-state index is 13.6. The van der Waals surface area contributed by atoms with Gasteiger partial charge in [-0.3, -0.25) is 0 Å². The van der Waals surface area contributed by atoms with E-state index in [0.29, 0.717) is 0 Å². The molecule has 1 rings (SSSR count). The number of methoxy groups -OCH3 is 1. The number of benzene rings is 1. The zero-order valence-corrected chi connectivity index (χ0v) is 11.9. The predicted molar refractivity (Wildman–Crippen MR) is 70.6 cm³/mol. The number of hydrogen-bond donors (Lipinski definition) is 1. The Morgan fingerprint density at radius 3 is 2.63 bits per heavy atom. The van der Waals surface area contributed by atoms with Crippen LogP contribution in [0.4, 0.5) is 4.39 Å². The van der Waals surface area contributed by atoms with E-state index in [-0.39, 0.29) is 36.7 Å². The van der Waals surface area contributed by atoms with E-state index in [1.807, 2.05) is 0 Å². The van der Waals surface area contributed by atoms with Gasteiger partial charge in [0.25, 0.3) is 0 Å². The monoisotopic (exact) mass is 290 g/mol. The van der Waals surface area contributed by atoms with E-state index in [4.69, 9.17) is 10.5 Å². The van der Waals surface area contributed by atoms with Gasteiger partial charge < -0.3 is 10.5 Å². The minimum Gasteiger partial charge on any atom is -0.383 e. The lowest BCUT2D eigenvalue weighted by Crippen LogP contribution is -2.34. The zero-order chi connectivity index (χ0) is 14.5. The minimum absolute atomic E-state index is 0.0124. The van der Waals surface area contributed by atoms with E-state index < -0.39 is 15.8 Å². The average Bonchev–Trinajstić information content (AvgIpc) is 2.39. The minimum atomic E-state index is -3.76. The third kappa shape index (κ3) is 3.50. The van der Waals surface area contributed by atoms with Crippen LogP contribution in [0.1, 0.15) is 12.5 Å². The van der Waals surface area contributed by atoms with Crippen LogP contribution >= 0.6 is 0 Å². The normalized spacial score (nSPS) is 12.1. The lowest BCUT2D eigenvalue weighted by Gasteiger charge is -2.21. The fourth-order valence-electron chi connectivity index (χ4n) is 1.76. The van der Waals surface area contributed by atoms with Gasteiger partial charge in [-0.1, -0.05) is 13.0 Å². The largest absolute Gasteiger partial charge is 0.383 e. The van der Waals surface area contributed by atoms with Gasteiger partial charge in [0.1, 0.15) is 5.82 Å². The standard InChI is InChI=1S/C12H19FN2O3S/c1-3-15(7-8-18-2)19(16,17)12-6-4-5-11(13)10(12)9-14/h4-6H,3,7-9,14H2,1-2H3. The summed E-state index contributed by atoms with van der Waals surface area (Å²) in [4.78, 5) is -0.0760. The summed E-state index contributed by atoms with van der Waals surface area (Å²) in [5.41, 5.74) is 5.45. The molecule has 0 spiro atoms. The molecular weight excluding hydrogens is 271 g/mol. The number of sulfonamides is 1. The van der Waals surface area contributed by atoms with Crippen molar-refractivity contribution in [2.75, 3.05) is 26.8 Å². The van der Waals surface area contributed by atoms with Crippen molar-refractivity contribution in [3.8, 4) is 0 Å². The number of halogens is 1. The van der Waals surface area contributed by atoms with Crippen LogP contribution in [-0.4, -0.2) is 39.5 Å². The Kier molecular flexibility index (Phi) is 5.86.